The van der Waals surface area contributed by atoms with Gasteiger partial charge in [-0.25, -0.2) is 22.9 Å². The van der Waals surface area contributed by atoms with E-state index in [0.29, 0.717) is 30.9 Å². The third-order valence-electron chi connectivity index (χ3n) is 6.33. The number of nitrogens with one attached hydrogen (secondary N) is 1. The zero-order chi connectivity index (χ0) is 23.6. The van der Waals surface area contributed by atoms with Gasteiger partial charge in [0.2, 0.25) is 0 Å². The Hall–Kier alpha value is -2.26. The van der Waals surface area contributed by atoms with Gasteiger partial charge in [0.15, 0.2) is 5.03 Å². The van der Waals surface area contributed by atoms with Crippen LogP contribution in [0.15, 0.2) is 53.9 Å². The maximum atomic E-state index is 14.9. The Morgan fingerprint density at radius 1 is 1.30 bits per heavy atom. The number of fused-ring (bicyclic) bond motifs is 1. The van der Waals surface area contributed by atoms with Crippen LogP contribution >= 0.6 is 11.6 Å². The lowest BCUT2D eigenvalue weighted by Gasteiger charge is -2.21. The second-order valence-electron chi connectivity index (χ2n) is 8.70. The maximum absolute atomic E-state index is 14.9. The fraction of sp³-hybridized carbons (Fsp3) is 0.375. The summed E-state index contributed by atoms with van der Waals surface area (Å²) in [7, 11) is -1.88. The first-order valence-electron chi connectivity index (χ1n) is 11.0. The molecule has 1 aromatic heterocycles. The standard InChI is InChI=1S/C24H28ClFN4O2S/c1-28-13-19-10-18-12-23(26)17(5-3-7-30-14-24(29-15-30)33(27,31)32)11-22(18)21(19)9-16-4-2-6-20(25)8-16/h2,4,6,8,11-12,14-15,19,21,28H,3,5,7,9-10,13H2,1H3,(H2,27,31,32). The van der Waals surface area contributed by atoms with Crippen molar-refractivity contribution in [3.63, 3.8) is 0 Å². The van der Waals surface area contributed by atoms with Gasteiger partial charge in [0.05, 0.1) is 6.33 Å². The van der Waals surface area contributed by atoms with Crippen LogP contribution in [0.1, 0.15) is 34.6 Å². The molecule has 0 amide bonds. The summed E-state index contributed by atoms with van der Waals surface area (Å²) in [6.07, 6.45) is 5.73. The van der Waals surface area contributed by atoms with Gasteiger partial charge in [-0.2, -0.15) is 0 Å². The molecule has 1 aliphatic rings. The lowest BCUT2D eigenvalue weighted by Crippen LogP contribution is -2.23. The number of halogens is 2. The molecule has 0 bridgehead atoms. The van der Waals surface area contributed by atoms with Crippen LogP contribution in [0.2, 0.25) is 5.02 Å². The molecule has 2 atom stereocenters. The molecule has 4 rings (SSSR count). The molecule has 2 aromatic carbocycles. The van der Waals surface area contributed by atoms with Crippen LogP contribution in [0, 0.1) is 11.7 Å². The van der Waals surface area contributed by atoms with Gasteiger partial charge in [-0.1, -0.05) is 29.8 Å². The highest BCUT2D eigenvalue weighted by atomic mass is 35.5. The van der Waals surface area contributed by atoms with Gasteiger partial charge >= 0.3 is 0 Å². The summed E-state index contributed by atoms with van der Waals surface area (Å²) >= 11 is 6.20. The fourth-order valence-electron chi connectivity index (χ4n) is 4.80. The summed E-state index contributed by atoms with van der Waals surface area (Å²) in [6.45, 7) is 1.39. The van der Waals surface area contributed by atoms with Gasteiger partial charge in [0.1, 0.15) is 5.82 Å². The number of aromatic nitrogens is 2. The summed E-state index contributed by atoms with van der Waals surface area (Å²) in [6, 6.07) is 11.7. The topological polar surface area (TPSA) is 90.0 Å². The van der Waals surface area contributed by atoms with Gasteiger partial charge in [-0.15, -0.1) is 0 Å². The predicted octanol–water partition coefficient (Wildman–Crippen LogP) is 3.67. The number of benzene rings is 2. The molecule has 1 heterocycles. The van der Waals surface area contributed by atoms with E-state index in [-0.39, 0.29) is 16.8 Å². The zero-order valence-corrected chi connectivity index (χ0v) is 20.0. The van der Waals surface area contributed by atoms with E-state index in [9.17, 15) is 12.8 Å². The number of nitrogens with two attached hydrogens (primary N) is 1. The van der Waals surface area contributed by atoms with E-state index in [1.54, 1.807) is 10.6 Å². The molecule has 0 aliphatic heterocycles. The Morgan fingerprint density at radius 2 is 2.12 bits per heavy atom. The molecular weight excluding hydrogens is 463 g/mol. The van der Waals surface area contributed by atoms with E-state index in [4.69, 9.17) is 16.7 Å². The highest BCUT2D eigenvalue weighted by Crippen LogP contribution is 2.41. The normalized spacial score (nSPS) is 17.9. The minimum absolute atomic E-state index is 0.161. The van der Waals surface area contributed by atoms with Gasteiger partial charge in [-0.05, 0) is 91.6 Å². The second kappa shape index (κ2) is 9.93. The molecule has 1 aliphatic carbocycles. The van der Waals surface area contributed by atoms with E-state index < -0.39 is 10.0 Å². The predicted molar refractivity (Wildman–Crippen MR) is 127 cm³/mol. The van der Waals surface area contributed by atoms with Crippen molar-refractivity contribution in [3.8, 4) is 0 Å². The molecule has 2 unspecified atom stereocenters. The van der Waals surface area contributed by atoms with Crippen molar-refractivity contribution in [1.82, 2.24) is 14.9 Å². The molecule has 0 spiro atoms. The molecule has 9 heteroatoms. The average Bonchev–Trinajstić information content (AvgIpc) is 3.34. The van der Waals surface area contributed by atoms with E-state index in [1.165, 1.54) is 23.7 Å². The number of primary sulfonamides is 1. The van der Waals surface area contributed by atoms with Crippen molar-refractivity contribution in [2.75, 3.05) is 13.6 Å². The minimum Gasteiger partial charge on any atom is -0.336 e. The van der Waals surface area contributed by atoms with Crippen LogP contribution in [0.4, 0.5) is 4.39 Å². The molecule has 0 radical (unpaired) electrons. The highest BCUT2D eigenvalue weighted by molar-refractivity contribution is 7.89. The second-order valence-corrected chi connectivity index (χ2v) is 10.6. The molecule has 0 saturated heterocycles. The summed E-state index contributed by atoms with van der Waals surface area (Å²) in [5, 5.41) is 8.95. The lowest BCUT2D eigenvalue weighted by molar-refractivity contribution is 0.436. The van der Waals surface area contributed by atoms with Crippen LogP contribution < -0.4 is 10.5 Å². The quantitative estimate of drug-likeness (QED) is 0.479. The van der Waals surface area contributed by atoms with Crippen LogP contribution in [0.3, 0.4) is 0 Å². The molecule has 176 valence electrons. The van der Waals surface area contributed by atoms with Crippen molar-refractivity contribution in [3.05, 3.63) is 82.0 Å². The first-order chi connectivity index (χ1) is 15.7. The Labute approximate surface area is 199 Å². The Bertz CT molecular complexity index is 1250. The molecule has 0 saturated carbocycles. The zero-order valence-electron chi connectivity index (χ0n) is 18.5. The van der Waals surface area contributed by atoms with Crippen LogP contribution in [0.25, 0.3) is 0 Å². The summed E-state index contributed by atoms with van der Waals surface area (Å²) in [5.41, 5.74) is 4.15. The van der Waals surface area contributed by atoms with Crippen molar-refractivity contribution in [2.24, 2.45) is 11.1 Å². The SMILES string of the molecule is CNCC1Cc2cc(F)c(CCCn3cnc(S(N)(=O)=O)c3)cc2C1Cc1cccc(Cl)c1. The number of rotatable bonds is 9. The van der Waals surface area contributed by atoms with Crippen molar-refractivity contribution < 1.29 is 12.8 Å². The largest absolute Gasteiger partial charge is 0.336 e. The average molecular weight is 491 g/mol. The number of nitrogens with zero attached hydrogens (tertiary/aromatic N) is 2. The van der Waals surface area contributed by atoms with Gasteiger partial charge in [0, 0.05) is 17.8 Å². The van der Waals surface area contributed by atoms with Crippen LogP contribution in [-0.4, -0.2) is 31.6 Å². The summed E-state index contributed by atoms with van der Waals surface area (Å²) < 4.78 is 39.3. The smallest absolute Gasteiger partial charge is 0.257 e. The Balaban J connectivity index is 1.51. The molecule has 3 aromatic rings. The third kappa shape index (κ3) is 5.63. The summed E-state index contributed by atoms with van der Waals surface area (Å²) in [4.78, 5) is 3.82. The van der Waals surface area contributed by atoms with Gasteiger partial charge < -0.3 is 9.88 Å². The number of imidazole rings is 1. The molecule has 0 fully saturated rings. The number of hydrogen-bond acceptors (Lipinski definition) is 4. The Morgan fingerprint density at radius 3 is 2.82 bits per heavy atom. The number of sulfonamides is 1. The first kappa shape index (κ1) is 23.9. The van der Waals surface area contributed by atoms with E-state index in [1.807, 2.05) is 31.3 Å². The number of aryl methyl sites for hydroxylation is 2. The van der Waals surface area contributed by atoms with Crippen LogP contribution in [0.5, 0.6) is 0 Å². The van der Waals surface area contributed by atoms with Gasteiger partial charge in [-0.3, -0.25) is 0 Å². The van der Waals surface area contributed by atoms with E-state index >= 15 is 0 Å². The van der Waals surface area contributed by atoms with Gasteiger partial charge in [0.25, 0.3) is 10.0 Å². The van der Waals surface area contributed by atoms with Crippen LogP contribution in [-0.2, 0) is 35.8 Å². The molecule has 3 N–H and O–H groups in total. The highest BCUT2D eigenvalue weighted by Gasteiger charge is 2.33. The maximum Gasteiger partial charge on any atom is 0.257 e. The first-order valence-corrected chi connectivity index (χ1v) is 12.9. The van der Waals surface area contributed by atoms with E-state index in [0.717, 1.165) is 30.0 Å². The fourth-order valence-corrected chi connectivity index (χ4v) is 5.49. The Kier molecular flexibility index (Phi) is 7.19. The minimum atomic E-state index is -3.82. The molecule has 6 nitrogen and oxygen atoms in total. The number of hydrogen-bond donors (Lipinski definition) is 2. The van der Waals surface area contributed by atoms with Crippen molar-refractivity contribution in [1.29, 1.82) is 0 Å². The molecule has 33 heavy (non-hydrogen) atoms. The van der Waals surface area contributed by atoms with E-state index in [2.05, 4.69) is 16.4 Å². The van der Waals surface area contributed by atoms with Crippen molar-refractivity contribution in [2.45, 2.75) is 43.2 Å². The molecular formula is C24H28ClFN4O2S. The lowest BCUT2D eigenvalue weighted by atomic mass is 9.86. The third-order valence-corrected chi connectivity index (χ3v) is 7.36. The summed E-state index contributed by atoms with van der Waals surface area (Å²) in [5.74, 6) is 0.494. The monoisotopic (exact) mass is 490 g/mol. The van der Waals surface area contributed by atoms with Crippen molar-refractivity contribution >= 4 is 21.6 Å².